The molecule has 0 aliphatic heterocycles. The lowest BCUT2D eigenvalue weighted by Gasteiger charge is -2.05. The van der Waals surface area contributed by atoms with Crippen LogP contribution in [0.3, 0.4) is 0 Å². The number of pyridine rings is 1. The van der Waals surface area contributed by atoms with Crippen molar-refractivity contribution in [3.8, 4) is 0 Å². The molecule has 0 aliphatic rings. The van der Waals surface area contributed by atoms with Crippen molar-refractivity contribution in [2.75, 3.05) is 13.2 Å². The van der Waals surface area contributed by atoms with E-state index < -0.39 is 0 Å². The van der Waals surface area contributed by atoms with Crippen LogP contribution in [0.4, 0.5) is 0 Å². The zero-order valence-electron chi connectivity index (χ0n) is 7.50. The molecule has 1 rings (SSSR count). The van der Waals surface area contributed by atoms with E-state index in [1.807, 2.05) is 13.0 Å². The SMILES string of the molecule is CCOCCn1cccc(Br)c1=O. The van der Waals surface area contributed by atoms with E-state index in [4.69, 9.17) is 4.74 Å². The van der Waals surface area contributed by atoms with Crippen molar-refractivity contribution in [3.63, 3.8) is 0 Å². The summed E-state index contributed by atoms with van der Waals surface area (Å²) in [6.07, 6.45) is 1.76. The van der Waals surface area contributed by atoms with Crippen molar-refractivity contribution in [2.45, 2.75) is 13.5 Å². The van der Waals surface area contributed by atoms with E-state index in [0.717, 1.165) is 0 Å². The molecule has 0 radical (unpaired) electrons. The molecule has 1 aromatic rings. The molecule has 13 heavy (non-hydrogen) atoms. The predicted octanol–water partition coefficient (Wildman–Crippen LogP) is 1.65. The summed E-state index contributed by atoms with van der Waals surface area (Å²) in [4.78, 5) is 11.4. The Labute approximate surface area is 85.5 Å². The van der Waals surface area contributed by atoms with Crippen LogP contribution in [0, 0.1) is 0 Å². The average molecular weight is 246 g/mol. The Bertz CT molecular complexity index is 322. The number of rotatable bonds is 4. The van der Waals surface area contributed by atoms with Gasteiger partial charge in [-0.2, -0.15) is 0 Å². The number of nitrogens with zero attached hydrogens (tertiary/aromatic N) is 1. The van der Waals surface area contributed by atoms with Crippen LogP contribution < -0.4 is 5.56 Å². The van der Waals surface area contributed by atoms with E-state index in [9.17, 15) is 4.79 Å². The number of hydrogen-bond donors (Lipinski definition) is 0. The summed E-state index contributed by atoms with van der Waals surface area (Å²) in [7, 11) is 0. The zero-order chi connectivity index (χ0) is 9.68. The van der Waals surface area contributed by atoms with Crippen molar-refractivity contribution >= 4 is 15.9 Å². The molecule has 3 nitrogen and oxygen atoms in total. The molecule has 1 aromatic heterocycles. The quantitative estimate of drug-likeness (QED) is 0.756. The van der Waals surface area contributed by atoms with Gasteiger partial charge in [-0.15, -0.1) is 0 Å². The normalized spacial score (nSPS) is 10.3. The van der Waals surface area contributed by atoms with Crippen LogP contribution in [-0.4, -0.2) is 17.8 Å². The Kier molecular flexibility index (Phi) is 4.18. The van der Waals surface area contributed by atoms with Crippen LogP contribution in [0.15, 0.2) is 27.6 Å². The first-order valence-electron chi connectivity index (χ1n) is 4.18. The molecule has 0 unspecified atom stereocenters. The third kappa shape index (κ3) is 2.97. The van der Waals surface area contributed by atoms with Crippen LogP contribution in [0.1, 0.15) is 6.92 Å². The summed E-state index contributed by atoms with van der Waals surface area (Å²) >= 11 is 3.18. The largest absolute Gasteiger partial charge is 0.380 e. The number of aromatic nitrogens is 1. The maximum absolute atomic E-state index is 11.4. The van der Waals surface area contributed by atoms with Gasteiger partial charge in [0.2, 0.25) is 0 Å². The molecule has 0 aliphatic carbocycles. The summed E-state index contributed by atoms with van der Waals surface area (Å²) in [5.74, 6) is 0. The highest BCUT2D eigenvalue weighted by molar-refractivity contribution is 9.10. The van der Waals surface area contributed by atoms with Crippen molar-refractivity contribution in [2.24, 2.45) is 0 Å². The maximum Gasteiger partial charge on any atom is 0.264 e. The Morgan fingerprint density at radius 1 is 1.62 bits per heavy atom. The topological polar surface area (TPSA) is 31.2 Å². The average Bonchev–Trinajstić information content (AvgIpc) is 2.13. The first-order chi connectivity index (χ1) is 6.25. The van der Waals surface area contributed by atoms with Gasteiger partial charge in [-0.05, 0) is 35.0 Å². The Morgan fingerprint density at radius 3 is 3.08 bits per heavy atom. The summed E-state index contributed by atoms with van der Waals surface area (Å²) in [5, 5.41) is 0. The van der Waals surface area contributed by atoms with E-state index >= 15 is 0 Å². The van der Waals surface area contributed by atoms with E-state index in [1.54, 1.807) is 16.8 Å². The highest BCUT2D eigenvalue weighted by atomic mass is 79.9. The molecule has 0 atom stereocenters. The van der Waals surface area contributed by atoms with Crippen LogP contribution in [-0.2, 0) is 11.3 Å². The lowest BCUT2D eigenvalue weighted by Crippen LogP contribution is -2.21. The third-order valence-electron chi connectivity index (χ3n) is 1.65. The van der Waals surface area contributed by atoms with Crippen LogP contribution in [0.2, 0.25) is 0 Å². The lowest BCUT2D eigenvalue weighted by molar-refractivity contribution is 0.138. The number of hydrogen-bond acceptors (Lipinski definition) is 2. The molecule has 0 spiro atoms. The molecule has 0 N–H and O–H groups in total. The van der Waals surface area contributed by atoms with Gasteiger partial charge in [-0.3, -0.25) is 4.79 Å². The predicted molar refractivity (Wildman–Crippen MR) is 54.9 cm³/mol. The highest BCUT2D eigenvalue weighted by Crippen LogP contribution is 2.00. The van der Waals surface area contributed by atoms with E-state index in [-0.39, 0.29) is 5.56 Å². The van der Waals surface area contributed by atoms with Gasteiger partial charge in [0.05, 0.1) is 11.1 Å². The molecule has 0 aromatic carbocycles. The van der Waals surface area contributed by atoms with E-state index in [1.165, 1.54) is 0 Å². The fourth-order valence-corrected chi connectivity index (χ4v) is 1.37. The Morgan fingerprint density at radius 2 is 2.38 bits per heavy atom. The third-order valence-corrected chi connectivity index (χ3v) is 2.26. The Hall–Kier alpha value is -0.610. The molecule has 0 saturated carbocycles. The van der Waals surface area contributed by atoms with Crippen molar-refractivity contribution in [1.29, 1.82) is 0 Å². The summed E-state index contributed by atoms with van der Waals surface area (Å²) in [5.41, 5.74) is -0.0118. The zero-order valence-corrected chi connectivity index (χ0v) is 9.08. The fourth-order valence-electron chi connectivity index (χ4n) is 0.991. The van der Waals surface area contributed by atoms with Gasteiger partial charge in [-0.1, -0.05) is 0 Å². The standard InChI is InChI=1S/C9H12BrNO2/c1-2-13-7-6-11-5-3-4-8(10)9(11)12/h3-5H,2,6-7H2,1H3. The maximum atomic E-state index is 11.4. The first-order valence-corrected chi connectivity index (χ1v) is 4.97. The summed E-state index contributed by atoms with van der Waals surface area (Å²) < 4.78 is 7.37. The van der Waals surface area contributed by atoms with Gasteiger partial charge in [0.25, 0.3) is 5.56 Å². The molecule has 1 heterocycles. The molecule has 0 bridgehead atoms. The minimum Gasteiger partial charge on any atom is -0.380 e. The molecule has 72 valence electrons. The molecular weight excluding hydrogens is 234 g/mol. The highest BCUT2D eigenvalue weighted by Gasteiger charge is 1.98. The second-order valence-corrected chi connectivity index (χ2v) is 3.41. The minimum atomic E-state index is -0.0118. The van der Waals surface area contributed by atoms with Gasteiger partial charge < -0.3 is 9.30 Å². The number of ether oxygens (including phenoxy) is 1. The van der Waals surface area contributed by atoms with Crippen molar-refractivity contribution < 1.29 is 4.74 Å². The van der Waals surface area contributed by atoms with Gasteiger partial charge in [0.15, 0.2) is 0 Å². The van der Waals surface area contributed by atoms with Crippen molar-refractivity contribution in [3.05, 3.63) is 33.2 Å². The molecule has 0 fully saturated rings. The summed E-state index contributed by atoms with van der Waals surface area (Å²) in [6, 6.07) is 3.57. The van der Waals surface area contributed by atoms with E-state index in [2.05, 4.69) is 15.9 Å². The minimum absolute atomic E-state index is 0.0118. The number of halogens is 1. The van der Waals surface area contributed by atoms with Crippen LogP contribution in [0.25, 0.3) is 0 Å². The summed E-state index contributed by atoms with van der Waals surface area (Å²) in [6.45, 7) is 3.80. The van der Waals surface area contributed by atoms with Crippen LogP contribution in [0.5, 0.6) is 0 Å². The van der Waals surface area contributed by atoms with E-state index in [0.29, 0.717) is 24.2 Å². The molecular formula is C9H12BrNO2. The smallest absolute Gasteiger partial charge is 0.264 e. The van der Waals surface area contributed by atoms with Gasteiger partial charge in [-0.25, -0.2) is 0 Å². The monoisotopic (exact) mass is 245 g/mol. The Balaban J connectivity index is 2.67. The van der Waals surface area contributed by atoms with Gasteiger partial charge in [0, 0.05) is 19.3 Å². The first kappa shape index (κ1) is 10.5. The second-order valence-electron chi connectivity index (χ2n) is 2.55. The second kappa shape index (κ2) is 5.19. The molecule has 4 heteroatoms. The van der Waals surface area contributed by atoms with Crippen molar-refractivity contribution in [1.82, 2.24) is 4.57 Å². The molecule has 0 saturated heterocycles. The van der Waals surface area contributed by atoms with Crippen LogP contribution >= 0.6 is 15.9 Å². The molecule has 0 amide bonds. The lowest BCUT2D eigenvalue weighted by atomic mass is 10.4. The van der Waals surface area contributed by atoms with Gasteiger partial charge in [0.1, 0.15) is 0 Å². The van der Waals surface area contributed by atoms with Gasteiger partial charge >= 0.3 is 0 Å². The fraction of sp³-hybridized carbons (Fsp3) is 0.444.